The molecule has 0 radical (unpaired) electrons. The molecule has 1 amide bonds. The van der Waals surface area contributed by atoms with Crippen molar-refractivity contribution in [2.45, 2.75) is 25.8 Å². The second-order valence-electron chi connectivity index (χ2n) is 5.84. The van der Waals surface area contributed by atoms with Gasteiger partial charge in [-0.15, -0.1) is 0 Å². The summed E-state index contributed by atoms with van der Waals surface area (Å²) in [5.41, 5.74) is 0.925. The summed E-state index contributed by atoms with van der Waals surface area (Å²) in [6, 6.07) is 11.3. The fraction of sp³-hybridized carbons (Fsp3) is 0.389. The second-order valence-corrected chi connectivity index (χ2v) is 6.28. The van der Waals surface area contributed by atoms with Crippen LogP contribution in [0.4, 0.5) is 0 Å². The Kier molecular flexibility index (Phi) is 5.36. The van der Waals surface area contributed by atoms with E-state index >= 15 is 0 Å². The maximum Gasteiger partial charge on any atom is 0.220 e. The lowest BCUT2D eigenvalue weighted by molar-refractivity contribution is -0.123. The molecule has 0 bridgehead atoms. The second kappa shape index (κ2) is 7.66. The van der Waals surface area contributed by atoms with Crippen LogP contribution in [0, 0.1) is 5.92 Å². The maximum absolute atomic E-state index is 12.0. The number of nitrogens with one attached hydrogen (secondary N) is 1. The maximum atomic E-state index is 12.0. The first-order chi connectivity index (χ1) is 11.2. The van der Waals surface area contributed by atoms with Gasteiger partial charge in [0.2, 0.25) is 5.91 Å². The molecule has 1 aliphatic rings. The van der Waals surface area contributed by atoms with Gasteiger partial charge >= 0.3 is 0 Å². The minimum absolute atomic E-state index is 0.0428. The predicted octanol–water partition coefficient (Wildman–Crippen LogP) is 4.03. The molecule has 1 N–H and O–H groups in total. The van der Waals surface area contributed by atoms with Crippen LogP contribution in [0.1, 0.15) is 25.0 Å². The largest absolute Gasteiger partial charge is 0.459 e. The van der Waals surface area contributed by atoms with Gasteiger partial charge in [-0.25, -0.2) is 0 Å². The van der Waals surface area contributed by atoms with Crippen molar-refractivity contribution in [1.82, 2.24) is 5.32 Å². The quantitative estimate of drug-likeness (QED) is 0.898. The molecule has 0 spiro atoms. The minimum atomic E-state index is 0.0428. The lowest BCUT2D eigenvalue weighted by atomic mass is 9.98. The van der Waals surface area contributed by atoms with Crippen molar-refractivity contribution in [2.24, 2.45) is 5.92 Å². The van der Waals surface area contributed by atoms with Crippen molar-refractivity contribution in [2.75, 3.05) is 13.2 Å². The number of hydrogen-bond donors (Lipinski definition) is 1. The zero-order valence-corrected chi connectivity index (χ0v) is 13.6. The number of rotatable bonds is 5. The van der Waals surface area contributed by atoms with E-state index in [1.165, 1.54) is 0 Å². The number of carbonyl (C=O) groups excluding carboxylic acids is 1. The summed E-state index contributed by atoms with van der Waals surface area (Å²) in [5, 5.41) is 3.58. The van der Waals surface area contributed by atoms with E-state index in [-0.39, 0.29) is 5.91 Å². The summed E-state index contributed by atoms with van der Waals surface area (Å²) < 4.78 is 11.2. The van der Waals surface area contributed by atoms with Crippen LogP contribution in [0.2, 0.25) is 5.02 Å². The highest BCUT2D eigenvalue weighted by Crippen LogP contribution is 2.24. The highest BCUT2D eigenvalue weighted by molar-refractivity contribution is 6.30. The van der Waals surface area contributed by atoms with Crippen LogP contribution in [0.3, 0.4) is 0 Å². The summed E-state index contributed by atoms with van der Waals surface area (Å²) in [7, 11) is 0. The molecule has 1 atom stereocenters. The van der Waals surface area contributed by atoms with E-state index in [2.05, 4.69) is 5.32 Å². The molecule has 1 aromatic heterocycles. The molecule has 0 aliphatic carbocycles. The van der Waals surface area contributed by atoms with Crippen LogP contribution in [0.15, 0.2) is 40.8 Å². The molecule has 4 nitrogen and oxygen atoms in total. The van der Waals surface area contributed by atoms with Crippen LogP contribution in [0.25, 0.3) is 11.3 Å². The number of halogens is 1. The van der Waals surface area contributed by atoms with Crippen molar-refractivity contribution in [1.29, 1.82) is 0 Å². The Bertz CT molecular complexity index is 662. The molecule has 23 heavy (non-hydrogen) atoms. The van der Waals surface area contributed by atoms with Crippen molar-refractivity contribution in [3.8, 4) is 11.3 Å². The molecular formula is C18H20ClNO3. The Labute approximate surface area is 140 Å². The van der Waals surface area contributed by atoms with Gasteiger partial charge in [-0.3, -0.25) is 4.79 Å². The van der Waals surface area contributed by atoms with Gasteiger partial charge in [0.1, 0.15) is 11.5 Å². The van der Waals surface area contributed by atoms with Crippen molar-refractivity contribution in [3.05, 3.63) is 47.2 Å². The Balaban J connectivity index is 1.52. The lowest BCUT2D eigenvalue weighted by Crippen LogP contribution is -2.28. The van der Waals surface area contributed by atoms with E-state index in [4.69, 9.17) is 20.8 Å². The summed E-state index contributed by atoms with van der Waals surface area (Å²) in [5.74, 6) is 1.86. The number of benzene rings is 1. The molecular weight excluding hydrogens is 314 g/mol. The molecule has 1 unspecified atom stereocenters. The van der Waals surface area contributed by atoms with Gasteiger partial charge in [-0.05, 0) is 43.0 Å². The van der Waals surface area contributed by atoms with Gasteiger partial charge in [0.15, 0.2) is 0 Å². The van der Waals surface area contributed by atoms with Crippen LogP contribution in [-0.2, 0) is 16.1 Å². The highest BCUT2D eigenvalue weighted by Gasteiger charge is 2.17. The third-order valence-corrected chi connectivity index (χ3v) is 4.19. The molecule has 0 saturated carbocycles. The number of furan rings is 1. The van der Waals surface area contributed by atoms with Crippen LogP contribution >= 0.6 is 11.6 Å². The van der Waals surface area contributed by atoms with Crippen LogP contribution in [0.5, 0.6) is 0 Å². The van der Waals surface area contributed by atoms with E-state index in [1.807, 2.05) is 36.4 Å². The Morgan fingerprint density at radius 3 is 3.00 bits per heavy atom. The van der Waals surface area contributed by atoms with Gasteiger partial charge in [-0.2, -0.15) is 0 Å². The summed E-state index contributed by atoms with van der Waals surface area (Å²) >= 11 is 5.99. The van der Waals surface area contributed by atoms with Gasteiger partial charge in [-0.1, -0.05) is 23.7 Å². The average Bonchev–Trinajstić information content (AvgIpc) is 3.03. The molecule has 1 aromatic carbocycles. The number of ether oxygens (including phenoxy) is 1. The molecule has 3 rings (SSSR count). The topological polar surface area (TPSA) is 51.5 Å². The Morgan fingerprint density at radius 1 is 1.30 bits per heavy atom. The zero-order chi connectivity index (χ0) is 16.1. The van der Waals surface area contributed by atoms with Gasteiger partial charge in [0, 0.05) is 30.2 Å². The third-order valence-electron chi connectivity index (χ3n) is 3.96. The Morgan fingerprint density at radius 2 is 2.22 bits per heavy atom. The van der Waals surface area contributed by atoms with E-state index in [9.17, 15) is 4.79 Å². The zero-order valence-electron chi connectivity index (χ0n) is 12.9. The van der Waals surface area contributed by atoms with Gasteiger partial charge in [0.25, 0.3) is 0 Å². The van der Waals surface area contributed by atoms with Crippen molar-refractivity contribution >= 4 is 17.5 Å². The number of hydrogen-bond acceptors (Lipinski definition) is 3. The summed E-state index contributed by atoms with van der Waals surface area (Å²) in [6.07, 6.45) is 2.62. The van der Waals surface area contributed by atoms with E-state index in [1.54, 1.807) is 0 Å². The SMILES string of the molecule is O=C(CC1CCCOC1)NCc1ccc(-c2cccc(Cl)c2)o1. The van der Waals surface area contributed by atoms with E-state index in [0.717, 1.165) is 36.5 Å². The fourth-order valence-electron chi connectivity index (χ4n) is 2.76. The molecule has 1 fully saturated rings. The molecule has 1 aliphatic heterocycles. The van der Waals surface area contributed by atoms with Gasteiger partial charge in [0.05, 0.1) is 6.54 Å². The smallest absolute Gasteiger partial charge is 0.220 e. The third kappa shape index (κ3) is 4.60. The molecule has 122 valence electrons. The average molecular weight is 334 g/mol. The first kappa shape index (κ1) is 16.1. The standard InChI is InChI=1S/C18H20ClNO3/c19-15-5-1-4-14(10-15)17-7-6-16(23-17)11-20-18(21)9-13-3-2-8-22-12-13/h1,4-7,10,13H,2-3,8-9,11-12H2,(H,20,21). The fourth-order valence-corrected chi connectivity index (χ4v) is 2.95. The highest BCUT2D eigenvalue weighted by atomic mass is 35.5. The van der Waals surface area contributed by atoms with Gasteiger partial charge < -0.3 is 14.5 Å². The normalized spacial score (nSPS) is 17.9. The lowest BCUT2D eigenvalue weighted by Gasteiger charge is -2.21. The molecule has 5 heteroatoms. The predicted molar refractivity (Wildman–Crippen MR) is 89.2 cm³/mol. The minimum Gasteiger partial charge on any atom is -0.459 e. The van der Waals surface area contributed by atoms with Crippen LogP contribution in [-0.4, -0.2) is 19.1 Å². The van der Waals surface area contributed by atoms with E-state index < -0.39 is 0 Å². The first-order valence-corrected chi connectivity index (χ1v) is 8.27. The molecule has 2 aromatic rings. The van der Waals surface area contributed by atoms with Crippen molar-refractivity contribution in [3.63, 3.8) is 0 Å². The molecule has 2 heterocycles. The summed E-state index contributed by atoms with van der Waals surface area (Å²) in [6.45, 7) is 1.90. The monoisotopic (exact) mass is 333 g/mol. The number of carbonyl (C=O) groups is 1. The summed E-state index contributed by atoms with van der Waals surface area (Å²) in [4.78, 5) is 12.0. The first-order valence-electron chi connectivity index (χ1n) is 7.90. The molecule has 1 saturated heterocycles. The van der Waals surface area contributed by atoms with Crippen LogP contribution < -0.4 is 5.32 Å². The Hall–Kier alpha value is -1.78. The van der Waals surface area contributed by atoms with E-state index in [0.29, 0.717) is 30.5 Å². The van der Waals surface area contributed by atoms with Crippen molar-refractivity contribution < 1.29 is 13.9 Å². The number of amides is 1.